The van der Waals surface area contributed by atoms with Crippen LogP contribution in [0.15, 0.2) is 30.3 Å². The van der Waals surface area contributed by atoms with Gasteiger partial charge in [-0.3, -0.25) is 9.59 Å². The molecular weight excluding hydrogens is 386 g/mol. The lowest BCUT2D eigenvalue weighted by Crippen LogP contribution is -2.36. The van der Waals surface area contributed by atoms with Crippen molar-refractivity contribution in [2.45, 2.75) is 26.7 Å². The molecule has 0 bridgehead atoms. The van der Waals surface area contributed by atoms with Crippen molar-refractivity contribution in [3.8, 4) is 0 Å². The van der Waals surface area contributed by atoms with Crippen LogP contribution >= 0.6 is 11.3 Å². The van der Waals surface area contributed by atoms with Crippen LogP contribution < -0.4 is 10.2 Å². The van der Waals surface area contributed by atoms with E-state index in [9.17, 15) is 9.59 Å². The zero-order valence-corrected chi connectivity index (χ0v) is 18.2. The number of nitrogens with one attached hydrogen (secondary N) is 1. The topological polar surface area (TPSA) is 61.9 Å². The molecule has 156 valence electrons. The van der Waals surface area contributed by atoms with Gasteiger partial charge in [-0.1, -0.05) is 13.3 Å². The molecular formula is C22H29N3O3S. The molecule has 0 saturated carbocycles. The number of ether oxygens (including phenoxy) is 1. The minimum Gasteiger partial charge on any atom is -0.378 e. The number of thiophene rings is 1. The molecule has 1 N–H and O–H groups in total. The van der Waals surface area contributed by atoms with E-state index in [1.807, 2.05) is 37.3 Å². The van der Waals surface area contributed by atoms with Gasteiger partial charge in [0.25, 0.3) is 5.91 Å². The van der Waals surface area contributed by atoms with Gasteiger partial charge in [0.1, 0.15) is 0 Å². The van der Waals surface area contributed by atoms with E-state index in [0.717, 1.165) is 50.5 Å². The number of benzene rings is 1. The Morgan fingerprint density at radius 3 is 2.55 bits per heavy atom. The smallest absolute Gasteiger partial charge is 0.264 e. The van der Waals surface area contributed by atoms with Crippen molar-refractivity contribution in [3.05, 3.63) is 45.6 Å². The normalized spacial score (nSPS) is 14.0. The second kappa shape index (κ2) is 9.89. The number of likely N-dealkylation sites (N-methyl/N-ethyl adjacent to an activating group) is 1. The Hall–Kier alpha value is -2.38. The number of carbonyl (C=O) groups is 2. The number of hydrogen-bond donors (Lipinski definition) is 1. The Morgan fingerprint density at radius 2 is 1.90 bits per heavy atom. The maximum Gasteiger partial charge on any atom is 0.264 e. The standard InChI is InChI=1S/C22H29N3O3S/c1-4-5-17-14-20(29-16(17)2)22(27)24(3)15-21(26)23-18-6-8-19(9-7-18)25-10-12-28-13-11-25/h6-9,14H,4-5,10-13,15H2,1-3H3,(H,23,26). The molecule has 1 saturated heterocycles. The van der Waals surface area contributed by atoms with Crippen LogP contribution in [0.1, 0.15) is 33.5 Å². The number of carbonyl (C=O) groups excluding carboxylic acids is 2. The quantitative estimate of drug-likeness (QED) is 0.751. The predicted molar refractivity (Wildman–Crippen MR) is 118 cm³/mol. The summed E-state index contributed by atoms with van der Waals surface area (Å²) in [5.74, 6) is -0.319. The van der Waals surface area contributed by atoms with Crippen molar-refractivity contribution < 1.29 is 14.3 Å². The van der Waals surface area contributed by atoms with Crippen LogP contribution in [0, 0.1) is 6.92 Å². The van der Waals surface area contributed by atoms with Gasteiger partial charge in [-0.15, -0.1) is 11.3 Å². The summed E-state index contributed by atoms with van der Waals surface area (Å²) in [6, 6.07) is 9.75. The number of nitrogens with zero attached hydrogens (tertiary/aromatic N) is 2. The lowest BCUT2D eigenvalue weighted by molar-refractivity contribution is -0.116. The molecule has 0 spiro atoms. The molecule has 7 heteroatoms. The lowest BCUT2D eigenvalue weighted by atomic mass is 10.1. The van der Waals surface area contributed by atoms with E-state index in [1.54, 1.807) is 7.05 Å². The fourth-order valence-corrected chi connectivity index (χ4v) is 4.46. The number of morpholine rings is 1. The highest BCUT2D eigenvalue weighted by molar-refractivity contribution is 7.14. The number of aryl methyl sites for hydroxylation is 2. The summed E-state index contributed by atoms with van der Waals surface area (Å²) in [7, 11) is 1.66. The molecule has 1 aromatic carbocycles. The minimum absolute atomic E-state index is 0.0180. The molecule has 2 heterocycles. The van der Waals surface area contributed by atoms with Gasteiger partial charge >= 0.3 is 0 Å². The Morgan fingerprint density at radius 1 is 1.21 bits per heavy atom. The fourth-order valence-electron chi connectivity index (χ4n) is 3.40. The molecule has 2 aromatic rings. The molecule has 0 radical (unpaired) electrons. The van der Waals surface area contributed by atoms with Crippen LogP contribution in [0.3, 0.4) is 0 Å². The van der Waals surface area contributed by atoms with E-state index in [1.165, 1.54) is 26.7 Å². The van der Waals surface area contributed by atoms with Gasteiger partial charge in [-0.2, -0.15) is 0 Å². The average molecular weight is 416 g/mol. The summed E-state index contributed by atoms with van der Waals surface area (Å²) in [6.45, 7) is 7.42. The lowest BCUT2D eigenvalue weighted by Gasteiger charge is -2.28. The van der Waals surface area contributed by atoms with Crippen molar-refractivity contribution in [2.24, 2.45) is 0 Å². The Labute approximate surface area is 176 Å². The zero-order chi connectivity index (χ0) is 20.8. The van der Waals surface area contributed by atoms with Gasteiger partial charge in [0, 0.05) is 36.4 Å². The van der Waals surface area contributed by atoms with Crippen LogP contribution in [-0.2, 0) is 16.0 Å². The largest absolute Gasteiger partial charge is 0.378 e. The molecule has 2 amide bonds. The monoisotopic (exact) mass is 415 g/mol. The highest BCUT2D eigenvalue weighted by Gasteiger charge is 2.18. The summed E-state index contributed by atoms with van der Waals surface area (Å²) in [5, 5.41) is 2.87. The third kappa shape index (κ3) is 5.58. The van der Waals surface area contributed by atoms with Crippen LogP contribution in [0.25, 0.3) is 0 Å². The first kappa shape index (κ1) is 21.3. The Bertz CT molecular complexity index is 841. The van der Waals surface area contributed by atoms with Gasteiger partial charge in [-0.25, -0.2) is 0 Å². The zero-order valence-electron chi connectivity index (χ0n) is 17.4. The molecule has 29 heavy (non-hydrogen) atoms. The number of anilines is 2. The van der Waals surface area contributed by atoms with Crippen LogP contribution in [0.4, 0.5) is 11.4 Å². The maximum absolute atomic E-state index is 12.7. The summed E-state index contributed by atoms with van der Waals surface area (Å²) < 4.78 is 5.38. The van der Waals surface area contributed by atoms with Gasteiger partial charge in [0.2, 0.25) is 5.91 Å². The van der Waals surface area contributed by atoms with Gasteiger partial charge in [0.15, 0.2) is 0 Å². The number of hydrogen-bond acceptors (Lipinski definition) is 5. The van der Waals surface area contributed by atoms with Crippen molar-refractivity contribution in [1.29, 1.82) is 0 Å². The van der Waals surface area contributed by atoms with E-state index >= 15 is 0 Å². The summed E-state index contributed by atoms with van der Waals surface area (Å²) >= 11 is 1.50. The first-order valence-electron chi connectivity index (χ1n) is 10.0. The SMILES string of the molecule is CCCc1cc(C(=O)N(C)CC(=O)Nc2ccc(N3CCOCC3)cc2)sc1C. The molecule has 0 unspecified atom stereocenters. The van der Waals surface area contributed by atoms with E-state index in [2.05, 4.69) is 17.1 Å². The molecule has 1 fully saturated rings. The van der Waals surface area contributed by atoms with Crippen molar-refractivity contribution in [1.82, 2.24) is 4.90 Å². The summed E-state index contributed by atoms with van der Waals surface area (Å²) in [6.07, 6.45) is 2.02. The van der Waals surface area contributed by atoms with Crippen LogP contribution in [0.2, 0.25) is 0 Å². The van der Waals surface area contributed by atoms with Gasteiger partial charge < -0.3 is 19.9 Å². The summed E-state index contributed by atoms with van der Waals surface area (Å²) in [5.41, 5.74) is 3.07. The Kier molecular flexibility index (Phi) is 7.28. The second-order valence-corrected chi connectivity index (χ2v) is 8.55. The molecule has 1 aromatic heterocycles. The van der Waals surface area contributed by atoms with Crippen molar-refractivity contribution in [2.75, 3.05) is 50.1 Å². The molecule has 0 aliphatic carbocycles. The fraction of sp³-hybridized carbons (Fsp3) is 0.455. The predicted octanol–water partition coefficient (Wildman–Crippen LogP) is 3.56. The minimum atomic E-state index is -0.206. The summed E-state index contributed by atoms with van der Waals surface area (Å²) in [4.78, 5) is 30.7. The molecule has 6 nitrogen and oxygen atoms in total. The third-order valence-electron chi connectivity index (χ3n) is 5.01. The van der Waals surface area contributed by atoms with Gasteiger partial charge in [0.05, 0.1) is 24.6 Å². The highest BCUT2D eigenvalue weighted by Crippen LogP contribution is 2.24. The molecule has 3 rings (SSSR count). The first-order valence-corrected chi connectivity index (χ1v) is 10.9. The number of amides is 2. The first-order chi connectivity index (χ1) is 14.0. The third-order valence-corrected chi connectivity index (χ3v) is 6.09. The number of rotatable bonds is 7. The Balaban J connectivity index is 1.54. The van der Waals surface area contributed by atoms with Gasteiger partial charge in [-0.05, 0) is 49.2 Å². The second-order valence-electron chi connectivity index (χ2n) is 7.30. The average Bonchev–Trinajstić information content (AvgIpc) is 3.09. The molecule has 1 aliphatic rings. The maximum atomic E-state index is 12.7. The molecule has 1 aliphatic heterocycles. The van der Waals surface area contributed by atoms with Crippen LogP contribution in [0.5, 0.6) is 0 Å². The van der Waals surface area contributed by atoms with Crippen molar-refractivity contribution >= 4 is 34.5 Å². The van der Waals surface area contributed by atoms with E-state index in [-0.39, 0.29) is 18.4 Å². The molecule has 0 atom stereocenters. The van der Waals surface area contributed by atoms with E-state index in [4.69, 9.17) is 4.74 Å². The van der Waals surface area contributed by atoms with Crippen molar-refractivity contribution in [3.63, 3.8) is 0 Å². The van der Waals surface area contributed by atoms with E-state index in [0.29, 0.717) is 4.88 Å². The van der Waals surface area contributed by atoms with Crippen LogP contribution in [-0.4, -0.2) is 56.6 Å². The highest BCUT2D eigenvalue weighted by atomic mass is 32.1. The van der Waals surface area contributed by atoms with E-state index < -0.39 is 0 Å².